The van der Waals surface area contributed by atoms with Gasteiger partial charge < -0.3 is 10.1 Å². The van der Waals surface area contributed by atoms with E-state index in [0.717, 1.165) is 49.2 Å². The van der Waals surface area contributed by atoms with Crippen LogP contribution >= 0.6 is 11.6 Å². The fourth-order valence-corrected chi connectivity index (χ4v) is 3.32. The summed E-state index contributed by atoms with van der Waals surface area (Å²) in [6, 6.07) is 15.4. The molecule has 0 aliphatic carbocycles. The Balaban J connectivity index is 1.44. The smallest absolute Gasteiger partial charge is 0.238 e. The zero-order valence-corrected chi connectivity index (χ0v) is 15.7. The molecule has 0 spiro atoms. The summed E-state index contributed by atoms with van der Waals surface area (Å²) in [6.07, 6.45) is 0. The zero-order valence-electron chi connectivity index (χ0n) is 15.0. The van der Waals surface area contributed by atoms with Crippen LogP contribution in [0.5, 0.6) is 5.75 Å². The van der Waals surface area contributed by atoms with Crippen molar-refractivity contribution in [3.05, 3.63) is 59.1 Å². The molecule has 1 saturated heterocycles. The lowest BCUT2D eigenvalue weighted by Gasteiger charge is -2.34. The van der Waals surface area contributed by atoms with Gasteiger partial charge >= 0.3 is 0 Å². The van der Waals surface area contributed by atoms with Gasteiger partial charge in [0, 0.05) is 49.5 Å². The Hall–Kier alpha value is -2.08. The van der Waals surface area contributed by atoms with Gasteiger partial charge in [-0.25, -0.2) is 0 Å². The fraction of sp³-hybridized carbons (Fsp3) is 0.350. The highest BCUT2D eigenvalue weighted by Crippen LogP contribution is 2.17. The van der Waals surface area contributed by atoms with E-state index in [-0.39, 0.29) is 5.91 Å². The predicted molar refractivity (Wildman–Crippen MR) is 105 cm³/mol. The second-order valence-corrected chi connectivity index (χ2v) is 6.90. The Morgan fingerprint density at radius 1 is 1.08 bits per heavy atom. The summed E-state index contributed by atoms with van der Waals surface area (Å²) >= 11 is 6.05. The van der Waals surface area contributed by atoms with Crippen molar-refractivity contribution in [2.24, 2.45) is 0 Å². The minimum Gasteiger partial charge on any atom is -0.497 e. The number of amides is 1. The number of carbonyl (C=O) groups excluding carboxylic acids is 1. The van der Waals surface area contributed by atoms with Crippen LogP contribution in [0.25, 0.3) is 0 Å². The summed E-state index contributed by atoms with van der Waals surface area (Å²) in [5.74, 6) is 0.735. The third kappa shape index (κ3) is 5.46. The number of methoxy groups -OCH3 is 1. The van der Waals surface area contributed by atoms with E-state index in [0.29, 0.717) is 6.54 Å². The van der Waals surface area contributed by atoms with Gasteiger partial charge in [-0.1, -0.05) is 29.8 Å². The van der Waals surface area contributed by atoms with Crippen molar-refractivity contribution in [1.29, 1.82) is 0 Å². The van der Waals surface area contributed by atoms with E-state index in [1.165, 1.54) is 5.56 Å². The lowest BCUT2D eigenvalue weighted by Crippen LogP contribution is -2.48. The first-order valence-corrected chi connectivity index (χ1v) is 9.13. The number of rotatable bonds is 6. The average Bonchev–Trinajstić information content (AvgIpc) is 2.63. The third-order valence-electron chi connectivity index (χ3n) is 4.48. The maximum absolute atomic E-state index is 12.3. The lowest BCUT2D eigenvalue weighted by molar-refractivity contribution is -0.117. The molecule has 0 saturated carbocycles. The number of anilines is 1. The third-order valence-corrected chi connectivity index (χ3v) is 4.72. The van der Waals surface area contributed by atoms with E-state index < -0.39 is 0 Å². The number of carbonyl (C=O) groups is 1. The van der Waals surface area contributed by atoms with Crippen molar-refractivity contribution in [3.63, 3.8) is 0 Å². The Morgan fingerprint density at radius 2 is 1.81 bits per heavy atom. The van der Waals surface area contributed by atoms with Gasteiger partial charge in [-0.05, 0) is 29.8 Å². The van der Waals surface area contributed by atoms with Crippen LogP contribution in [0.1, 0.15) is 5.56 Å². The molecule has 0 radical (unpaired) electrons. The zero-order chi connectivity index (χ0) is 18.4. The average molecular weight is 374 g/mol. The van der Waals surface area contributed by atoms with Crippen LogP contribution in [-0.4, -0.2) is 55.5 Å². The van der Waals surface area contributed by atoms with E-state index >= 15 is 0 Å². The maximum atomic E-state index is 12.3. The number of halogens is 1. The van der Waals surface area contributed by atoms with Crippen LogP contribution in [0.3, 0.4) is 0 Å². The topological polar surface area (TPSA) is 44.8 Å². The minimum absolute atomic E-state index is 0.00143. The summed E-state index contributed by atoms with van der Waals surface area (Å²) in [5.41, 5.74) is 1.98. The van der Waals surface area contributed by atoms with Crippen molar-refractivity contribution < 1.29 is 9.53 Å². The number of piperazine rings is 1. The molecule has 1 fully saturated rings. The molecule has 1 aliphatic heterocycles. The Bertz CT molecular complexity index is 745. The molecule has 3 rings (SSSR count). The molecule has 2 aromatic rings. The number of hydrogen-bond acceptors (Lipinski definition) is 4. The molecule has 6 heteroatoms. The molecule has 0 atom stereocenters. The van der Waals surface area contributed by atoms with Crippen LogP contribution in [0.2, 0.25) is 5.02 Å². The van der Waals surface area contributed by atoms with Gasteiger partial charge in [-0.3, -0.25) is 14.6 Å². The number of nitrogens with one attached hydrogen (secondary N) is 1. The SMILES string of the molecule is COc1cccc(NC(=O)CN2CCN(Cc3cccc(Cl)c3)CC2)c1. The highest BCUT2D eigenvalue weighted by atomic mass is 35.5. The van der Waals surface area contributed by atoms with Crippen molar-refractivity contribution >= 4 is 23.2 Å². The van der Waals surface area contributed by atoms with E-state index in [4.69, 9.17) is 16.3 Å². The summed E-state index contributed by atoms with van der Waals surface area (Å²) in [5, 5.41) is 3.71. The van der Waals surface area contributed by atoms with Crippen molar-refractivity contribution in [2.75, 3.05) is 45.2 Å². The molecule has 1 heterocycles. The van der Waals surface area contributed by atoms with E-state index in [2.05, 4.69) is 21.2 Å². The molecule has 5 nitrogen and oxygen atoms in total. The standard InChI is InChI=1S/C20H24ClN3O2/c1-26-19-7-3-6-18(13-19)22-20(25)15-24-10-8-23(9-11-24)14-16-4-2-5-17(21)12-16/h2-7,12-13H,8-11,14-15H2,1H3,(H,22,25). The first-order chi connectivity index (χ1) is 12.6. The van der Waals surface area contributed by atoms with Crippen molar-refractivity contribution in [3.8, 4) is 5.75 Å². The van der Waals surface area contributed by atoms with Crippen molar-refractivity contribution in [2.45, 2.75) is 6.54 Å². The van der Waals surface area contributed by atoms with Crippen molar-refractivity contribution in [1.82, 2.24) is 9.80 Å². The van der Waals surface area contributed by atoms with E-state index in [1.54, 1.807) is 7.11 Å². The summed E-state index contributed by atoms with van der Waals surface area (Å²) in [6.45, 7) is 4.95. The molecule has 0 aromatic heterocycles. The molecule has 26 heavy (non-hydrogen) atoms. The highest BCUT2D eigenvalue weighted by molar-refractivity contribution is 6.30. The number of hydrogen-bond donors (Lipinski definition) is 1. The first-order valence-electron chi connectivity index (χ1n) is 8.75. The molecule has 0 unspecified atom stereocenters. The fourth-order valence-electron chi connectivity index (χ4n) is 3.10. The van der Waals surface area contributed by atoms with Gasteiger partial charge in [-0.15, -0.1) is 0 Å². The van der Waals surface area contributed by atoms with Gasteiger partial charge in [0.1, 0.15) is 5.75 Å². The van der Waals surface area contributed by atoms with Gasteiger partial charge in [0.2, 0.25) is 5.91 Å². The summed E-state index contributed by atoms with van der Waals surface area (Å²) < 4.78 is 5.18. The number of ether oxygens (including phenoxy) is 1. The Labute approximate surface area is 159 Å². The lowest BCUT2D eigenvalue weighted by atomic mass is 10.2. The van der Waals surface area contributed by atoms with Crippen LogP contribution in [0.4, 0.5) is 5.69 Å². The predicted octanol–water partition coefficient (Wildman–Crippen LogP) is 3.10. The molecule has 138 valence electrons. The quantitative estimate of drug-likeness (QED) is 0.845. The normalized spacial score (nSPS) is 15.6. The van der Waals surface area contributed by atoms with Crippen LogP contribution in [-0.2, 0) is 11.3 Å². The highest BCUT2D eigenvalue weighted by Gasteiger charge is 2.19. The van der Waals surface area contributed by atoms with Gasteiger partial charge in [0.05, 0.1) is 13.7 Å². The Kier molecular flexibility index (Phi) is 6.50. The second kappa shape index (κ2) is 9.03. The Morgan fingerprint density at radius 3 is 2.54 bits per heavy atom. The molecule has 0 bridgehead atoms. The van der Waals surface area contributed by atoms with Crippen LogP contribution in [0.15, 0.2) is 48.5 Å². The van der Waals surface area contributed by atoms with Gasteiger partial charge in [-0.2, -0.15) is 0 Å². The molecular weight excluding hydrogens is 350 g/mol. The molecule has 1 aliphatic rings. The second-order valence-electron chi connectivity index (χ2n) is 6.46. The molecular formula is C20H24ClN3O2. The van der Waals surface area contributed by atoms with Crippen LogP contribution < -0.4 is 10.1 Å². The van der Waals surface area contributed by atoms with Gasteiger partial charge in [0.25, 0.3) is 0 Å². The number of benzene rings is 2. The molecule has 2 aromatic carbocycles. The first kappa shape index (κ1) is 18.7. The van der Waals surface area contributed by atoms with E-state index in [1.807, 2.05) is 42.5 Å². The molecule has 1 N–H and O–H groups in total. The molecule has 1 amide bonds. The van der Waals surface area contributed by atoms with Crippen LogP contribution in [0, 0.1) is 0 Å². The summed E-state index contributed by atoms with van der Waals surface area (Å²) in [4.78, 5) is 16.8. The monoisotopic (exact) mass is 373 g/mol. The van der Waals surface area contributed by atoms with E-state index in [9.17, 15) is 4.79 Å². The number of nitrogens with zero attached hydrogens (tertiary/aromatic N) is 2. The maximum Gasteiger partial charge on any atom is 0.238 e. The minimum atomic E-state index is 0.00143. The summed E-state index contributed by atoms with van der Waals surface area (Å²) in [7, 11) is 1.61. The largest absolute Gasteiger partial charge is 0.497 e. The van der Waals surface area contributed by atoms with Gasteiger partial charge in [0.15, 0.2) is 0 Å².